The molecule has 2 rings (SSSR count). The van der Waals surface area contributed by atoms with Crippen molar-refractivity contribution in [2.45, 2.75) is 6.42 Å². The van der Waals surface area contributed by atoms with Gasteiger partial charge in [-0.2, -0.15) is 5.26 Å². The van der Waals surface area contributed by atoms with Crippen LogP contribution in [-0.2, 0) is 6.42 Å². The Balaban J connectivity index is 1.94. The molecular weight excluding hydrogens is 405 g/mol. The minimum absolute atomic E-state index is 0.0577. The lowest BCUT2D eigenvalue weighted by atomic mass is 10.0. The van der Waals surface area contributed by atoms with Gasteiger partial charge in [-0.15, -0.1) is 0 Å². The third-order valence-corrected chi connectivity index (χ3v) is 4.16. The van der Waals surface area contributed by atoms with Gasteiger partial charge in [-0.1, -0.05) is 6.07 Å². The predicted molar refractivity (Wildman–Crippen MR) is 105 cm³/mol. The first-order valence-corrected chi connectivity index (χ1v) is 8.67. The van der Waals surface area contributed by atoms with Gasteiger partial charge in [-0.25, -0.2) is 9.37 Å². The largest absolute Gasteiger partial charge is 0.377 e. The summed E-state index contributed by atoms with van der Waals surface area (Å²) in [5.74, 6) is 0.137. The SMILES string of the molecule is CN(C)c1ccc(CCNC(=S)Nc2ccc(Br)cn2)c(F)c1C#N. The van der Waals surface area contributed by atoms with Crippen molar-refractivity contribution in [3.8, 4) is 6.07 Å². The molecule has 0 aliphatic heterocycles. The summed E-state index contributed by atoms with van der Waals surface area (Å²) in [6.07, 6.45) is 2.07. The van der Waals surface area contributed by atoms with E-state index in [0.29, 0.717) is 35.1 Å². The second kappa shape index (κ2) is 8.74. The molecule has 5 nitrogen and oxygen atoms in total. The van der Waals surface area contributed by atoms with Crippen LogP contribution in [0.25, 0.3) is 0 Å². The molecular formula is C17H17BrFN5S. The molecule has 0 aliphatic carbocycles. The monoisotopic (exact) mass is 421 g/mol. The molecule has 130 valence electrons. The molecule has 0 saturated heterocycles. The number of nitrogens with zero attached hydrogens (tertiary/aromatic N) is 3. The van der Waals surface area contributed by atoms with E-state index in [9.17, 15) is 9.65 Å². The number of nitrogens with one attached hydrogen (secondary N) is 2. The highest BCUT2D eigenvalue weighted by Gasteiger charge is 2.14. The number of halogens is 2. The lowest BCUT2D eigenvalue weighted by Crippen LogP contribution is -2.30. The Labute approximate surface area is 160 Å². The highest BCUT2D eigenvalue weighted by molar-refractivity contribution is 9.10. The third-order valence-electron chi connectivity index (χ3n) is 3.44. The van der Waals surface area contributed by atoms with E-state index in [2.05, 4.69) is 31.5 Å². The van der Waals surface area contributed by atoms with Gasteiger partial charge in [-0.3, -0.25) is 0 Å². The summed E-state index contributed by atoms with van der Waals surface area (Å²) in [5.41, 5.74) is 1.09. The Hall–Kier alpha value is -2.24. The summed E-state index contributed by atoms with van der Waals surface area (Å²) in [7, 11) is 3.55. The number of thiocarbonyl (C=S) groups is 1. The van der Waals surface area contributed by atoms with Crippen LogP contribution >= 0.6 is 28.1 Å². The van der Waals surface area contributed by atoms with Gasteiger partial charge in [0.05, 0.1) is 5.69 Å². The van der Waals surface area contributed by atoms with Crippen molar-refractivity contribution in [3.05, 3.63) is 51.9 Å². The van der Waals surface area contributed by atoms with E-state index < -0.39 is 5.82 Å². The van der Waals surface area contributed by atoms with Crippen molar-refractivity contribution in [1.82, 2.24) is 10.3 Å². The number of hydrogen-bond acceptors (Lipinski definition) is 4. The van der Waals surface area contributed by atoms with E-state index in [1.807, 2.05) is 12.1 Å². The van der Waals surface area contributed by atoms with Gasteiger partial charge in [0.25, 0.3) is 0 Å². The molecule has 2 N–H and O–H groups in total. The van der Waals surface area contributed by atoms with Gasteiger partial charge in [0, 0.05) is 31.3 Å². The van der Waals surface area contributed by atoms with Crippen LogP contribution in [0.2, 0.25) is 0 Å². The summed E-state index contributed by atoms with van der Waals surface area (Å²) in [4.78, 5) is 5.88. The van der Waals surface area contributed by atoms with Gasteiger partial charge in [0.2, 0.25) is 0 Å². The zero-order chi connectivity index (χ0) is 18.4. The third kappa shape index (κ3) is 5.11. The minimum atomic E-state index is -0.482. The highest BCUT2D eigenvalue weighted by atomic mass is 79.9. The molecule has 8 heteroatoms. The predicted octanol–water partition coefficient (Wildman–Crippen LogP) is 3.45. The van der Waals surface area contributed by atoms with Crippen LogP contribution in [0.1, 0.15) is 11.1 Å². The van der Waals surface area contributed by atoms with Crippen molar-refractivity contribution < 1.29 is 4.39 Å². The van der Waals surface area contributed by atoms with Crippen LogP contribution in [0.5, 0.6) is 0 Å². The molecule has 2 aromatic rings. The quantitative estimate of drug-likeness (QED) is 0.720. The van der Waals surface area contributed by atoms with Crippen LogP contribution in [0, 0.1) is 17.1 Å². The summed E-state index contributed by atoms with van der Waals surface area (Å²) >= 11 is 8.51. The summed E-state index contributed by atoms with van der Waals surface area (Å²) in [5, 5.41) is 15.6. The topological polar surface area (TPSA) is 64.0 Å². The number of hydrogen-bond donors (Lipinski definition) is 2. The first-order valence-electron chi connectivity index (χ1n) is 7.47. The fourth-order valence-corrected chi connectivity index (χ4v) is 2.64. The average Bonchev–Trinajstić information content (AvgIpc) is 2.58. The number of anilines is 2. The molecule has 0 saturated carbocycles. The van der Waals surface area contributed by atoms with Crippen LogP contribution in [0.4, 0.5) is 15.9 Å². The Bertz CT molecular complexity index is 802. The van der Waals surface area contributed by atoms with Crippen molar-refractivity contribution in [2.24, 2.45) is 0 Å². The Morgan fingerprint density at radius 3 is 2.72 bits per heavy atom. The van der Waals surface area contributed by atoms with Crippen molar-refractivity contribution in [2.75, 3.05) is 30.9 Å². The van der Waals surface area contributed by atoms with Crippen LogP contribution in [-0.4, -0.2) is 30.7 Å². The maximum atomic E-state index is 14.5. The molecule has 0 spiro atoms. The van der Waals surface area contributed by atoms with Gasteiger partial charge in [0.15, 0.2) is 5.11 Å². The number of nitriles is 1. The molecule has 0 unspecified atom stereocenters. The molecule has 1 aromatic heterocycles. The van der Waals surface area contributed by atoms with Crippen molar-refractivity contribution in [1.29, 1.82) is 5.26 Å². The first-order chi connectivity index (χ1) is 11.9. The van der Waals surface area contributed by atoms with E-state index in [-0.39, 0.29) is 5.56 Å². The minimum Gasteiger partial charge on any atom is -0.377 e. The molecule has 0 atom stereocenters. The zero-order valence-corrected chi connectivity index (χ0v) is 16.2. The molecule has 0 amide bonds. The normalized spacial score (nSPS) is 10.0. The number of aromatic nitrogens is 1. The van der Waals surface area contributed by atoms with E-state index in [1.54, 1.807) is 43.4 Å². The maximum absolute atomic E-state index is 14.5. The molecule has 0 aliphatic rings. The molecule has 25 heavy (non-hydrogen) atoms. The molecule has 1 heterocycles. The summed E-state index contributed by atoms with van der Waals surface area (Å²) in [6, 6.07) is 9.02. The lowest BCUT2D eigenvalue weighted by Gasteiger charge is -2.16. The number of rotatable bonds is 5. The molecule has 1 aromatic carbocycles. The number of benzene rings is 1. The van der Waals surface area contributed by atoms with Crippen LogP contribution < -0.4 is 15.5 Å². The van der Waals surface area contributed by atoms with E-state index in [0.717, 1.165) is 4.47 Å². The Morgan fingerprint density at radius 2 is 2.12 bits per heavy atom. The van der Waals surface area contributed by atoms with E-state index in [4.69, 9.17) is 12.2 Å². The molecule has 0 radical (unpaired) electrons. The van der Waals surface area contributed by atoms with Crippen LogP contribution in [0.3, 0.4) is 0 Å². The smallest absolute Gasteiger partial charge is 0.171 e. The second-order valence-electron chi connectivity index (χ2n) is 5.43. The molecule has 0 bridgehead atoms. The van der Waals surface area contributed by atoms with E-state index >= 15 is 0 Å². The molecule has 0 fully saturated rings. The van der Waals surface area contributed by atoms with E-state index in [1.165, 1.54) is 0 Å². The van der Waals surface area contributed by atoms with Gasteiger partial charge in [0.1, 0.15) is 23.3 Å². The second-order valence-corrected chi connectivity index (χ2v) is 6.76. The zero-order valence-electron chi connectivity index (χ0n) is 13.8. The fourth-order valence-electron chi connectivity index (χ4n) is 2.20. The lowest BCUT2D eigenvalue weighted by molar-refractivity contribution is 0.603. The number of pyridine rings is 1. The highest BCUT2D eigenvalue weighted by Crippen LogP contribution is 2.23. The first kappa shape index (κ1) is 19.1. The van der Waals surface area contributed by atoms with Crippen molar-refractivity contribution >= 4 is 44.8 Å². The summed E-state index contributed by atoms with van der Waals surface area (Å²) < 4.78 is 15.3. The van der Waals surface area contributed by atoms with Crippen molar-refractivity contribution in [3.63, 3.8) is 0 Å². The Morgan fingerprint density at radius 1 is 1.36 bits per heavy atom. The van der Waals surface area contributed by atoms with Gasteiger partial charge < -0.3 is 15.5 Å². The standard InChI is InChI=1S/C17H17BrFN5S/c1-24(2)14-5-3-11(16(19)13(14)9-20)7-8-21-17(25)23-15-6-4-12(18)10-22-15/h3-6,10H,7-8H2,1-2H3,(H2,21,22,23,25). The summed E-state index contributed by atoms with van der Waals surface area (Å²) in [6.45, 7) is 0.436. The van der Waals surface area contributed by atoms with Crippen LogP contribution in [0.15, 0.2) is 34.9 Å². The Kier molecular flexibility index (Phi) is 6.67. The fraction of sp³-hybridized carbons (Fsp3) is 0.235. The maximum Gasteiger partial charge on any atom is 0.171 e. The van der Waals surface area contributed by atoms with Gasteiger partial charge in [-0.05, 0) is 58.3 Å². The van der Waals surface area contributed by atoms with Gasteiger partial charge >= 0.3 is 0 Å². The average molecular weight is 422 g/mol.